The molecule has 1 fully saturated rings. The number of nitrogens with zero attached hydrogens (tertiary/aromatic N) is 6. The molecule has 54 heavy (non-hydrogen) atoms. The summed E-state index contributed by atoms with van der Waals surface area (Å²) in [6.07, 6.45) is 8.77. The van der Waals surface area contributed by atoms with Gasteiger partial charge in [-0.15, -0.1) is 22.7 Å². The zero-order valence-electron chi connectivity index (χ0n) is 29.0. The van der Waals surface area contributed by atoms with Crippen LogP contribution in [0.1, 0.15) is 49.1 Å². The molecule has 17 nitrogen and oxygen atoms in total. The standard InChI is InChI=1S/C19H18N6O4S.C16H16N4O3S/c1-2-29-8-6-20-18(27)15-4-3-14(30-15)12-5-7-25-16(22-12)11(10-21-25)9-13-17(26)24-19(28)23-13;1-2-23-8-6-17-16(22)14-4-3-13(24-14)12-5-7-20-15(19-12)11(10-21)9-18-20/h3-5,7,9-10H,2,6,8H2,1H3,(H,20,27)(H2,23,24,26,28);3-5,7,9-10H,2,6,8H2,1H3,(H,17,22)/b13-9+;. The molecule has 0 aliphatic carbocycles. The topological polar surface area (TPSA) is 212 Å². The number of fused-ring (bicyclic) bond motifs is 2. The first-order valence-corrected chi connectivity index (χ1v) is 18.3. The van der Waals surface area contributed by atoms with Crippen molar-refractivity contribution in [2.45, 2.75) is 13.8 Å². The Hall–Kier alpha value is -6.15. The number of rotatable bonds is 14. The summed E-state index contributed by atoms with van der Waals surface area (Å²) in [6, 6.07) is 10.2. The minimum absolute atomic E-state index is 0.129. The molecule has 0 radical (unpaired) electrons. The zero-order valence-corrected chi connectivity index (χ0v) is 30.7. The van der Waals surface area contributed by atoms with E-state index >= 15 is 0 Å². The normalized spacial score (nSPS) is 13.1. The number of thiophene rings is 2. The molecule has 278 valence electrons. The molecule has 1 saturated heterocycles. The molecule has 7 rings (SSSR count). The van der Waals surface area contributed by atoms with Crippen LogP contribution in [0.25, 0.3) is 38.5 Å². The lowest BCUT2D eigenvalue weighted by atomic mass is 10.2. The quantitative estimate of drug-likeness (QED) is 0.0545. The number of carbonyl (C=O) groups excluding carboxylic acids is 5. The third-order valence-corrected chi connectivity index (χ3v) is 9.79. The number of hydrogen-bond acceptors (Lipinski definition) is 13. The van der Waals surface area contributed by atoms with Crippen LogP contribution in [-0.2, 0) is 14.3 Å². The maximum absolute atomic E-state index is 12.3. The molecule has 0 unspecified atom stereocenters. The predicted molar refractivity (Wildman–Crippen MR) is 200 cm³/mol. The van der Waals surface area contributed by atoms with Crippen molar-refractivity contribution in [1.82, 2.24) is 50.5 Å². The van der Waals surface area contributed by atoms with Crippen molar-refractivity contribution < 1.29 is 33.4 Å². The summed E-state index contributed by atoms with van der Waals surface area (Å²) in [7, 11) is 0. The number of nitrogens with one attached hydrogen (secondary N) is 4. The van der Waals surface area contributed by atoms with Gasteiger partial charge in [-0.2, -0.15) is 10.2 Å². The van der Waals surface area contributed by atoms with E-state index in [1.165, 1.54) is 34.9 Å². The number of ether oxygens (including phenoxy) is 2. The van der Waals surface area contributed by atoms with Gasteiger partial charge in [0.15, 0.2) is 17.6 Å². The molecule has 6 aromatic heterocycles. The molecule has 7 heterocycles. The highest BCUT2D eigenvalue weighted by molar-refractivity contribution is 7.17. The molecule has 0 spiro atoms. The monoisotopic (exact) mass is 770 g/mol. The summed E-state index contributed by atoms with van der Waals surface area (Å²) >= 11 is 2.68. The lowest BCUT2D eigenvalue weighted by Gasteiger charge is -2.03. The maximum Gasteiger partial charge on any atom is 0.326 e. The highest BCUT2D eigenvalue weighted by Crippen LogP contribution is 2.29. The van der Waals surface area contributed by atoms with Crippen molar-refractivity contribution in [1.29, 1.82) is 0 Å². The van der Waals surface area contributed by atoms with Gasteiger partial charge in [-0.3, -0.25) is 24.5 Å². The van der Waals surface area contributed by atoms with E-state index in [0.29, 0.717) is 83.1 Å². The molecule has 0 aromatic carbocycles. The van der Waals surface area contributed by atoms with E-state index in [0.717, 1.165) is 16.0 Å². The van der Waals surface area contributed by atoms with E-state index in [1.807, 2.05) is 26.0 Å². The smallest absolute Gasteiger partial charge is 0.326 e. The van der Waals surface area contributed by atoms with Crippen LogP contribution in [0.3, 0.4) is 0 Å². The van der Waals surface area contributed by atoms with E-state index in [-0.39, 0.29) is 17.5 Å². The SMILES string of the molecule is CCOCCNC(=O)c1ccc(-c2ccn3ncc(/C=C4/NC(=O)NC4=O)c3n2)s1.CCOCCNC(=O)c1ccc(-c2ccn3ncc(C=O)c3n2)s1. The molecule has 6 aromatic rings. The molecular formula is C35H34N10O7S2. The van der Waals surface area contributed by atoms with Crippen LogP contribution in [0.2, 0.25) is 0 Å². The molecule has 1 aliphatic rings. The lowest BCUT2D eigenvalue weighted by Crippen LogP contribution is -2.26. The van der Waals surface area contributed by atoms with Crippen molar-refractivity contribution in [3.8, 4) is 21.1 Å². The fraction of sp³-hybridized carbons (Fsp3) is 0.229. The molecule has 4 N–H and O–H groups in total. The number of carbonyl (C=O) groups is 5. The van der Waals surface area contributed by atoms with Gasteiger partial charge in [-0.25, -0.2) is 23.8 Å². The molecule has 1 aliphatic heterocycles. The Kier molecular flexibility index (Phi) is 12.2. The number of aromatic nitrogens is 6. The summed E-state index contributed by atoms with van der Waals surface area (Å²) in [5.74, 6) is -0.802. The Bertz CT molecular complexity index is 2360. The van der Waals surface area contributed by atoms with Gasteiger partial charge >= 0.3 is 6.03 Å². The lowest BCUT2D eigenvalue weighted by molar-refractivity contribution is -0.115. The van der Waals surface area contributed by atoms with E-state index < -0.39 is 11.9 Å². The number of hydrogen-bond donors (Lipinski definition) is 4. The van der Waals surface area contributed by atoms with Crippen molar-refractivity contribution in [3.63, 3.8) is 0 Å². The summed E-state index contributed by atoms with van der Waals surface area (Å²) in [6.45, 7) is 6.93. The Morgan fingerprint density at radius 3 is 1.76 bits per heavy atom. The van der Waals surface area contributed by atoms with Crippen molar-refractivity contribution >= 4 is 70.1 Å². The summed E-state index contributed by atoms with van der Waals surface area (Å²) in [5.41, 5.74) is 3.52. The largest absolute Gasteiger partial charge is 0.380 e. The van der Waals surface area contributed by atoms with Gasteiger partial charge in [0.1, 0.15) is 5.70 Å². The zero-order chi connectivity index (χ0) is 38.0. The molecule has 0 bridgehead atoms. The second-order valence-electron chi connectivity index (χ2n) is 11.2. The van der Waals surface area contributed by atoms with Gasteiger partial charge in [0.25, 0.3) is 17.7 Å². The summed E-state index contributed by atoms with van der Waals surface area (Å²) < 4.78 is 13.5. The fourth-order valence-electron chi connectivity index (χ4n) is 5.00. The van der Waals surface area contributed by atoms with Crippen LogP contribution in [0.15, 0.2) is 66.9 Å². The first-order valence-electron chi connectivity index (χ1n) is 16.7. The predicted octanol–water partition coefficient (Wildman–Crippen LogP) is 3.44. The van der Waals surface area contributed by atoms with Crippen LogP contribution < -0.4 is 21.3 Å². The van der Waals surface area contributed by atoms with Gasteiger partial charge in [0, 0.05) is 44.3 Å². The van der Waals surface area contributed by atoms with Gasteiger partial charge in [0.05, 0.1) is 62.1 Å². The number of urea groups is 1. The molecule has 5 amide bonds. The Morgan fingerprint density at radius 2 is 1.28 bits per heavy atom. The Labute approximate surface area is 315 Å². The third-order valence-electron chi connectivity index (χ3n) is 7.58. The van der Waals surface area contributed by atoms with Crippen molar-refractivity contribution in [3.05, 3.63) is 87.8 Å². The first-order chi connectivity index (χ1) is 26.3. The van der Waals surface area contributed by atoms with Crippen LogP contribution >= 0.6 is 22.7 Å². The van der Waals surface area contributed by atoms with Crippen molar-refractivity contribution in [2.75, 3.05) is 39.5 Å². The molecule has 0 atom stereocenters. The van der Waals surface area contributed by atoms with Crippen LogP contribution in [-0.4, -0.2) is 98.8 Å². The van der Waals surface area contributed by atoms with Crippen LogP contribution in [0.4, 0.5) is 4.79 Å². The molecule has 0 saturated carbocycles. The second kappa shape index (κ2) is 17.6. The molecular weight excluding hydrogens is 737 g/mol. The minimum atomic E-state index is -0.568. The maximum atomic E-state index is 12.3. The number of imide groups is 1. The van der Waals surface area contributed by atoms with E-state index in [2.05, 4.69) is 41.4 Å². The summed E-state index contributed by atoms with van der Waals surface area (Å²) in [5, 5.41) is 18.5. The number of aldehydes is 1. The summed E-state index contributed by atoms with van der Waals surface area (Å²) in [4.78, 5) is 70.3. The molecule has 19 heteroatoms. The minimum Gasteiger partial charge on any atom is -0.380 e. The average Bonchev–Trinajstić information content (AvgIpc) is 4.03. The van der Waals surface area contributed by atoms with E-state index in [1.54, 1.807) is 51.9 Å². The van der Waals surface area contributed by atoms with Crippen molar-refractivity contribution in [2.24, 2.45) is 0 Å². The van der Waals surface area contributed by atoms with Crippen LogP contribution in [0, 0.1) is 0 Å². The fourth-order valence-corrected chi connectivity index (χ4v) is 6.79. The van der Waals surface area contributed by atoms with Gasteiger partial charge in [-0.1, -0.05) is 0 Å². The Morgan fingerprint density at radius 1 is 0.759 bits per heavy atom. The second-order valence-corrected chi connectivity index (χ2v) is 13.3. The van der Waals surface area contributed by atoms with E-state index in [4.69, 9.17) is 9.47 Å². The first kappa shape index (κ1) is 37.6. The number of amides is 5. The Balaban J connectivity index is 0.000000189. The average molecular weight is 771 g/mol. The third kappa shape index (κ3) is 8.89. The van der Waals surface area contributed by atoms with E-state index in [9.17, 15) is 24.0 Å². The van der Waals surface area contributed by atoms with Gasteiger partial charge in [0.2, 0.25) is 0 Å². The highest BCUT2D eigenvalue weighted by atomic mass is 32.1. The van der Waals surface area contributed by atoms with Crippen LogP contribution in [0.5, 0.6) is 0 Å². The van der Waals surface area contributed by atoms with Gasteiger partial charge in [-0.05, 0) is 56.3 Å². The highest BCUT2D eigenvalue weighted by Gasteiger charge is 2.23. The van der Waals surface area contributed by atoms with Gasteiger partial charge < -0.3 is 25.4 Å².